The van der Waals surface area contributed by atoms with Gasteiger partial charge in [-0.05, 0) is 6.07 Å². The number of aromatic nitrogens is 2. The molecule has 1 aliphatic rings. The van der Waals surface area contributed by atoms with E-state index in [1.165, 1.54) is 5.56 Å². The predicted octanol–water partition coefficient (Wildman–Crippen LogP) is 3.73. The molecule has 4 rings (SSSR count). The third kappa shape index (κ3) is 4.03. The van der Waals surface area contributed by atoms with Crippen molar-refractivity contribution in [1.29, 1.82) is 0 Å². The van der Waals surface area contributed by atoms with Gasteiger partial charge in [0.2, 0.25) is 0 Å². The van der Waals surface area contributed by atoms with Gasteiger partial charge in [0.15, 0.2) is 17.3 Å². The summed E-state index contributed by atoms with van der Waals surface area (Å²) in [7, 11) is 4.95. The number of benzene rings is 2. The second-order valence-corrected chi connectivity index (χ2v) is 7.01. The largest absolute Gasteiger partial charge is 0.496 e. The van der Waals surface area contributed by atoms with E-state index in [1.807, 2.05) is 48.7 Å². The first kappa shape index (κ1) is 19.2. The zero-order valence-electron chi connectivity index (χ0n) is 17.0. The molecule has 0 spiro atoms. The summed E-state index contributed by atoms with van der Waals surface area (Å²) in [4.78, 5) is 11.8. The lowest BCUT2D eigenvalue weighted by Gasteiger charge is -2.28. The van der Waals surface area contributed by atoms with Crippen LogP contribution in [0.15, 0.2) is 48.7 Å². The van der Waals surface area contributed by atoms with Crippen molar-refractivity contribution in [3.05, 3.63) is 65.5 Å². The number of hydrogen-bond donors (Lipinski definition) is 0. The Balaban J connectivity index is 1.54. The molecule has 0 atom stereocenters. The molecule has 0 saturated heterocycles. The minimum absolute atomic E-state index is 0.666. The van der Waals surface area contributed by atoms with E-state index in [9.17, 15) is 0 Å². The SMILES string of the molecule is COc1cc(OC)c(OC)cc1CN1CCc2nc(-c3ccccc3)ncc2C1. The van der Waals surface area contributed by atoms with Crippen molar-refractivity contribution in [3.8, 4) is 28.6 Å². The molecule has 6 nitrogen and oxygen atoms in total. The third-order valence-corrected chi connectivity index (χ3v) is 5.23. The Morgan fingerprint density at radius 1 is 0.931 bits per heavy atom. The maximum absolute atomic E-state index is 5.58. The van der Waals surface area contributed by atoms with Crippen LogP contribution in [-0.4, -0.2) is 42.7 Å². The van der Waals surface area contributed by atoms with E-state index in [1.54, 1.807) is 21.3 Å². The van der Waals surface area contributed by atoms with E-state index in [2.05, 4.69) is 9.88 Å². The normalized spacial score (nSPS) is 13.6. The van der Waals surface area contributed by atoms with E-state index in [4.69, 9.17) is 19.2 Å². The average molecular weight is 391 g/mol. The maximum atomic E-state index is 5.58. The van der Waals surface area contributed by atoms with Crippen molar-refractivity contribution >= 4 is 0 Å². The second-order valence-electron chi connectivity index (χ2n) is 7.01. The van der Waals surface area contributed by atoms with Crippen LogP contribution in [0.5, 0.6) is 17.2 Å². The molecule has 0 N–H and O–H groups in total. The van der Waals surface area contributed by atoms with E-state index in [0.29, 0.717) is 11.5 Å². The smallest absolute Gasteiger partial charge is 0.164 e. The lowest BCUT2D eigenvalue weighted by molar-refractivity contribution is 0.238. The van der Waals surface area contributed by atoms with E-state index < -0.39 is 0 Å². The summed E-state index contributed by atoms with van der Waals surface area (Å²) in [6.07, 6.45) is 2.86. The van der Waals surface area contributed by atoms with Crippen LogP contribution in [-0.2, 0) is 19.5 Å². The third-order valence-electron chi connectivity index (χ3n) is 5.23. The molecule has 3 aromatic rings. The monoisotopic (exact) mass is 391 g/mol. The second kappa shape index (κ2) is 8.49. The van der Waals surface area contributed by atoms with Gasteiger partial charge in [0, 0.05) is 55.0 Å². The van der Waals surface area contributed by atoms with Gasteiger partial charge in [-0.15, -0.1) is 0 Å². The van der Waals surface area contributed by atoms with Crippen molar-refractivity contribution in [2.75, 3.05) is 27.9 Å². The molecule has 1 aromatic heterocycles. The standard InChI is InChI=1S/C23H25N3O3/c1-27-20-12-22(29-3)21(28-2)11-17(20)14-26-10-9-19-18(15-26)13-24-23(25-19)16-7-5-4-6-8-16/h4-8,11-13H,9-10,14-15H2,1-3H3. The number of hydrogen-bond acceptors (Lipinski definition) is 6. The number of rotatable bonds is 6. The van der Waals surface area contributed by atoms with Crippen LogP contribution in [0.4, 0.5) is 0 Å². The fourth-order valence-corrected chi connectivity index (χ4v) is 3.69. The average Bonchev–Trinajstić information content (AvgIpc) is 2.79. The fourth-order valence-electron chi connectivity index (χ4n) is 3.69. The van der Waals surface area contributed by atoms with Crippen LogP contribution < -0.4 is 14.2 Å². The van der Waals surface area contributed by atoms with Crippen LogP contribution in [0.2, 0.25) is 0 Å². The Labute approximate surface area is 171 Å². The van der Waals surface area contributed by atoms with Crippen LogP contribution in [0.3, 0.4) is 0 Å². The van der Waals surface area contributed by atoms with Gasteiger partial charge in [0.05, 0.1) is 27.0 Å². The number of nitrogens with zero attached hydrogens (tertiary/aromatic N) is 3. The van der Waals surface area contributed by atoms with Crippen molar-refractivity contribution in [2.45, 2.75) is 19.5 Å². The van der Waals surface area contributed by atoms with Crippen LogP contribution >= 0.6 is 0 Å². The van der Waals surface area contributed by atoms with E-state index >= 15 is 0 Å². The maximum Gasteiger partial charge on any atom is 0.164 e. The first-order chi connectivity index (χ1) is 14.2. The van der Waals surface area contributed by atoms with Gasteiger partial charge in [-0.3, -0.25) is 4.90 Å². The highest BCUT2D eigenvalue weighted by molar-refractivity contribution is 5.55. The number of ether oxygens (including phenoxy) is 3. The van der Waals surface area contributed by atoms with Gasteiger partial charge in [-0.25, -0.2) is 9.97 Å². The first-order valence-electron chi connectivity index (χ1n) is 9.63. The quantitative estimate of drug-likeness (QED) is 0.638. The summed E-state index contributed by atoms with van der Waals surface area (Å²) in [5.74, 6) is 2.96. The van der Waals surface area contributed by atoms with E-state index in [0.717, 1.165) is 54.4 Å². The van der Waals surface area contributed by atoms with Gasteiger partial charge in [-0.1, -0.05) is 30.3 Å². The Hall–Kier alpha value is -3.12. The molecule has 1 aliphatic heterocycles. The number of fused-ring (bicyclic) bond motifs is 1. The van der Waals surface area contributed by atoms with Crippen LogP contribution in [0.1, 0.15) is 16.8 Å². The molecule has 0 saturated carbocycles. The molecule has 6 heteroatoms. The Morgan fingerprint density at radius 3 is 2.38 bits per heavy atom. The highest BCUT2D eigenvalue weighted by Crippen LogP contribution is 2.35. The summed E-state index contributed by atoms with van der Waals surface area (Å²) in [6.45, 7) is 2.49. The van der Waals surface area contributed by atoms with Crippen molar-refractivity contribution in [1.82, 2.24) is 14.9 Å². The summed E-state index contributed by atoms with van der Waals surface area (Å²) in [5.41, 5.74) is 4.42. The summed E-state index contributed by atoms with van der Waals surface area (Å²) >= 11 is 0. The molecule has 2 aromatic carbocycles. The topological polar surface area (TPSA) is 56.7 Å². The van der Waals surface area contributed by atoms with E-state index in [-0.39, 0.29) is 0 Å². The summed E-state index contributed by atoms with van der Waals surface area (Å²) in [5, 5.41) is 0. The molecule has 0 bridgehead atoms. The van der Waals surface area contributed by atoms with Gasteiger partial charge in [0.1, 0.15) is 5.75 Å². The predicted molar refractivity (Wildman–Crippen MR) is 111 cm³/mol. The van der Waals surface area contributed by atoms with Gasteiger partial charge in [0.25, 0.3) is 0 Å². The summed E-state index contributed by atoms with van der Waals surface area (Å²) < 4.78 is 16.4. The van der Waals surface area contributed by atoms with Crippen LogP contribution in [0, 0.1) is 0 Å². The zero-order chi connectivity index (χ0) is 20.2. The van der Waals surface area contributed by atoms with Gasteiger partial charge in [-0.2, -0.15) is 0 Å². The molecule has 0 amide bonds. The number of methoxy groups -OCH3 is 3. The molecule has 0 fully saturated rings. The fraction of sp³-hybridized carbons (Fsp3) is 0.304. The Kier molecular flexibility index (Phi) is 5.62. The lowest BCUT2D eigenvalue weighted by atomic mass is 10.0. The molecule has 0 radical (unpaired) electrons. The minimum Gasteiger partial charge on any atom is -0.496 e. The zero-order valence-corrected chi connectivity index (χ0v) is 17.0. The first-order valence-corrected chi connectivity index (χ1v) is 9.63. The van der Waals surface area contributed by atoms with Gasteiger partial charge >= 0.3 is 0 Å². The van der Waals surface area contributed by atoms with Gasteiger partial charge < -0.3 is 14.2 Å². The minimum atomic E-state index is 0.666. The van der Waals surface area contributed by atoms with Crippen molar-refractivity contribution < 1.29 is 14.2 Å². The Morgan fingerprint density at radius 2 is 1.66 bits per heavy atom. The molecule has 150 valence electrons. The highest BCUT2D eigenvalue weighted by Gasteiger charge is 2.21. The molecule has 2 heterocycles. The molecular formula is C23H25N3O3. The highest BCUT2D eigenvalue weighted by atomic mass is 16.5. The Bertz CT molecular complexity index is 992. The van der Waals surface area contributed by atoms with Crippen molar-refractivity contribution in [2.24, 2.45) is 0 Å². The lowest BCUT2D eigenvalue weighted by Crippen LogP contribution is -2.31. The molecule has 0 unspecified atom stereocenters. The summed E-state index contributed by atoms with van der Waals surface area (Å²) in [6, 6.07) is 14.0. The molecule has 0 aliphatic carbocycles. The van der Waals surface area contributed by atoms with Crippen LogP contribution in [0.25, 0.3) is 11.4 Å². The molecular weight excluding hydrogens is 366 g/mol. The van der Waals surface area contributed by atoms with Crippen molar-refractivity contribution in [3.63, 3.8) is 0 Å². The molecule has 29 heavy (non-hydrogen) atoms.